The summed E-state index contributed by atoms with van der Waals surface area (Å²) in [6.07, 6.45) is 3.82. The number of carboxylic acid groups (broad SMARTS) is 1. The molecule has 0 aliphatic carbocycles. The average Bonchev–Trinajstić information content (AvgIpc) is 3.42. The summed E-state index contributed by atoms with van der Waals surface area (Å²) in [4.78, 5) is 24.9. The molecule has 0 amide bonds. The summed E-state index contributed by atoms with van der Waals surface area (Å²) >= 11 is 0. The topological polar surface area (TPSA) is 84.8 Å². The molecule has 1 N–H and O–H groups in total. The van der Waals surface area contributed by atoms with Crippen LogP contribution in [-0.4, -0.2) is 46.3 Å². The molecule has 38 heavy (non-hydrogen) atoms. The number of nitrogens with zero attached hydrogens (tertiary/aromatic N) is 3. The number of hydrogen-bond acceptors (Lipinski definition) is 6. The molecule has 4 heterocycles. The van der Waals surface area contributed by atoms with E-state index in [4.69, 9.17) is 19.4 Å². The maximum Gasteiger partial charge on any atom is 0.337 e. The van der Waals surface area contributed by atoms with E-state index in [0.717, 1.165) is 69.6 Å². The van der Waals surface area contributed by atoms with E-state index in [2.05, 4.69) is 17.0 Å². The van der Waals surface area contributed by atoms with Gasteiger partial charge < -0.3 is 19.5 Å². The smallest absolute Gasteiger partial charge is 0.337 e. The van der Waals surface area contributed by atoms with Crippen LogP contribution in [0.1, 0.15) is 56.4 Å². The number of benzene rings is 2. The molecule has 1 saturated heterocycles. The summed E-state index contributed by atoms with van der Waals surface area (Å²) in [6, 6.07) is 12.2. The molecule has 7 nitrogen and oxygen atoms in total. The number of aliphatic carboxylic acids is 1. The molecule has 0 bridgehead atoms. The van der Waals surface area contributed by atoms with Crippen LogP contribution in [0.3, 0.4) is 0 Å². The molecular formula is C31H33N3O4. The molecule has 0 saturated carbocycles. The Bertz CT molecular complexity index is 1560. The number of pyridine rings is 2. The first-order valence-electron chi connectivity index (χ1n) is 13.3. The molecule has 2 aromatic heterocycles. The van der Waals surface area contributed by atoms with Crippen molar-refractivity contribution in [3.05, 3.63) is 59.3 Å². The first-order chi connectivity index (χ1) is 18.2. The number of carboxylic acids is 1. The van der Waals surface area contributed by atoms with Crippen LogP contribution in [0.2, 0.25) is 0 Å². The standard InChI is InChI=1S/C31H33N3O4/c1-18-17-22-20(8-10-24(33-22)34-14-5-6-15-34)27(25(18)29(30(35)36)38-31(2,3)4)21-7-9-23-26-19(12-16-37-23)11-13-32-28(21)26/h7-11,13,17,29H,5-6,12,14-16H2,1-4H3,(H,35,36)/t29-/m0/s1. The molecule has 6 rings (SSSR count). The maximum atomic E-state index is 12.7. The predicted molar refractivity (Wildman–Crippen MR) is 149 cm³/mol. The zero-order valence-corrected chi connectivity index (χ0v) is 22.4. The number of aryl methyl sites for hydroxylation is 1. The number of fused-ring (bicyclic) bond motifs is 1. The Morgan fingerprint density at radius 1 is 1.13 bits per heavy atom. The Labute approximate surface area is 222 Å². The Morgan fingerprint density at radius 2 is 1.92 bits per heavy atom. The van der Waals surface area contributed by atoms with Gasteiger partial charge in [0.2, 0.25) is 0 Å². The quantitative estimate of drug-likeness (QED) is 0.340. The SMILES string of the molecule is Cc1cc2nc(N3CCCC3)ccc2c(-c2ccc3c4c(ccnc24)CCO3)c1[C@H](OC(C)(C)C)C(=O)O. The predicted octanol–water partition coefficient (Wildman–Crippen LogP) is 6.23. The van der Waals surface area contributed by atoms with Crippen LogP contribution < -0.4 is 9.64 Å². The lowest BCUT2D eigenvalue weighted by Crippen LogP contribution is -2.28. The second kappa shape index (κ2) is 9.24. The summed E-state index contributed by atoms with van der Waals surface area (Å²) in [5.41, 5.74) is 5.29. The van der Waals surface area contributed by atoms with Gasteiger partial charge in [-0.15, -0.1) is 0 Å². The normalized spacial score (nSPS) is 16.2. The van der Waals surface area contributed by atoms with Crippen LogP contribution in [0.25, 0.3) is 32.9 Å². The third-order valence-corrected chi connectivity index (χ3v) is 7.45. The number of hydrogen-bond donors (Lipinski definition) is 1. The van der Waals surface area contributed by atoms with Gasteiger partial charge in [0.1, 0.15) is 11.6 Å². The summed E-state index contributed by atoms with van der Waals surface area (Å²) in [7, 11) is 0. The number of ether oxygens (including phenoxy) is 2. The fourth-order valence-corrected chi connectivity index (χ4v) is 5.85. The fourth-order valence-electron chi connectivity index (χ4n) is 5.85. The van der Waals surface area contributed by atoms with Crippen LogP contribution in [-0.2, 0) is 16.0 Å². The largest absolute Gasteiger partial charge is 0.493 e. The van der Waals surface area contributed by atoms with Gasteiger partial charge in [0.05, 0.1) is 23.2 Å². The number of carbonyl (C=O) groups is 1. The molecular weight excluding hydrogens is 478 g/mol. The molecule has 2 aliphatic rings. The molecule has 1 fully saturated rings. The van der Waals surface area contributed by atoms with Crippen LogP contribution >= 0.6 is 0 Å². The van der Waals surface area contributed by atoms with Gasteiger partial charge >= 0.3 is 5.97 Å². The first kappa shape index (κ1) is 24.6. The van der Waals surface area contributed by atoms with Crippen molar-refractivity contribution < 1.29 is 19.4 Å². The molecule has 2 aliphatic heterocycles. The van der Waals surface area contributed by atoms with Gasteiger partial charge in [-0.25, -0.2) is 9.78 Å². The van der Waals surface area contributed by atoms with Crippen molar-refractivity contribution in [1.29, 1.82) is 0 Å². The van der Waals surface area contributed by atoms with E-state index in [9.17, 15) is 9.90 Å². The van der Waals surface area contributed by atoms with Crippen LogP contribution in [0.4, 0.5) is 5.82 Å². The van der Waals surface area contributed by atoms with Crippen molar-refractivity contribution in [3.63, 3.8) is 0 Å². The zero-order chi connectivity index (χ0) is 26.6. The highest BCUT2D eigenvalue weighted by Crippen LogP contribution is 2.45. The van der Waals surface area contributed by atoms with Crippen molar-refractivity contribution in [3.8, 4) is 16.9 Å². The first-order valence-corrected chi connectivity index (χ1v) is 13.3. The molecule has 196 valence electrons. The van der Waals surface area contributed by atoms with Gasteiger partial charge in [0, 0.05) is 47.6 Å². The van der Waals surface area contributed by atoms with E-state index in [-0.39, 0.29) is 0 Å². The highest BCUT2D eigenvalue weighted by molar-refractivity contribution is 6.08. The molecule has 4 aromatic rings. The van der Waals surface area contributed by atoms with Crippen molar-refractivity contribution in [2.75, 3.05) is 24.6 Å². The molecule has 0 unspecified atom stereocenters. The fraction of sp³-hybridized carbons (Fsp3) is 0.387. The average molecular weight is 512 g/mol. The highest BCUT2D eigenvalue weighted by Gasteiger charge is 2.33. The number of aromatic nitrogens is 2. The molecule has 1 atom stereocenters. The summed E-state index contributed by atoms with van der Waals surface area (Å²) in [5, 5.41) is 12.3. The van der Waals surface area contributed by atoms with E-state index in [1.807, 2.05) is 58.2 Å². The van der Waals surface area contributed by atoms with E-state index in [1.54, 1.807) is 0 Å². The Balaban J connectivity index is 1.68. The van der Waals surface area contributed by atoms with Crippen molar-refractivity contribution in [2.45, 2.75) is 58.7 Å². The van der Waals surface area contributed by atoms with Gasteiger partial charge in [-0.1, -0.05) is 0 Å². The third kappa shape index (κ3) is 4.25. The lowest BCUT2D eigenvalue weighted by Gasteiger charge is -2.29. The Kier molecular flexibility index (Phi) is 5.99. The third-order valence-electron chi connectivity index (χ3n) is 7.45. The number of anilines is 1. The minimum atomic E-state index is -1.16. The monoisotopic (exact) mass is 511 g/mol. The van der Waals surface area contributed by atoms with Crippen molar-refractivity contribution in [1.82, 2.24) is 9.97 Å². The summed E-state index contributed by atoms with van der Waals surface area (Å²) < 4.78 is 12.2. The zero-order valence-electron chi connectivity index (χ0n) is 22.4. The van der Waals surface area contributed by atoms with E-state index < -0.39 is 17.7 Å². The molecule has 2 aromatic carbocycles. The molecule has 7 heteroatoms. The van der Waals surface area contributed by atoms with Crippen molar-refractivity contribution >= 4 is 33.6 Å². The van der Waals surface area contributed by atoms with Gasteiger partial charge in [0.15, 0.2) is 6.10 Å². The van der Waals surface area contributed by atoms with Gasteiger partial charge in [0.25, 0.3) is 0 Å². The van der Waals surface area contributed by atoms with Gasteiger partial charge in [-0.3, -0.25) is 4.98 Å². The van der Waals surface area contributed by atoms with Crippen LogP contribution in [0, 0.1) is 6.92 Å². The Morgan fingerprint density at radius 3 is 2.66 bits per heavy atom. The second-order valence-electron chi connectivity index (χ2n) is 11.3. The van der Waals surface area contributed by atoms with E-state index in [0.29, 0.717) is 12.2 Å². The summed E-state index contributed by atoms with van der Waals surface area (Å²) in [6.45, 7) is 10.2. The summed E-state index contributed by atoms with van der Waals surface area (Å²) in [5.74, 6) is 0.744. The van der Waals surface area contributed by atoms with Crippen LogP contribution in [0.15, 0.2) is 42.6 Å². The lowest BCUT2D eigenvalue weighted by atomic mass is 9.86. The van der Waals surface area contributed by atoms with Crippen LogP contribution in [0.5, 0.6) is 5.75 Å². The highest BCUT2D eigenvalue weighted by atomic mass is 16.5. The molecule has 0 spiro atoms. The lowest BCUT2D eigenvalue weighted by molar-refractivity contribution is -0.160. The minimum Gasteiger partial charge on any atom is -0.493 e. The molecule has 0 radical (unpaired) electrons. The second-order valence-corrected chi connectivity index (χ2v) is 11.3. The van der Waals surface area contributed by atoms with Crippen molar-refractivity contribution in [2.24, 2.45) is 0 Å². The van der Waals surface area contributed by atoms with E-state index in [1.165, 1.54) is 18.4 Å². The van der Waals surface area contributed by atoms with Gasteiger partial charge in [-0.2, -0.15) is 0 Å². The minimum absolute atomic E-state index is 0.633. The van der Waals surface area contributed by atoms with E-state index >= 15 is 0 Å². The number of rotatable bonds is 5. The van der Waals surface area contributed by atoms with Gasteiger partial charge in [-0.05, 0) is 93.6 Å². The Hall–Kier alpha value is -3.71. The maximum absolute atomic E-state index is 12.7.